The summed E-state index contributed by atoms with van der Waals surface area (Å²) in [6, 6.07) is 6.82. The molecule has 2 unspecified atom stereocenters. The van der Waals surface area contributed by atoms with Crippen LogP contribution in [0.25, 0.3) is 0 Å². The molecule has 5 heteroatoms. The first kappa shape index (κ1) is 13.2. The summed E-state index contributed by atoms with van der Waals surface area (Å²) >= 11 is 0. The third kappa shape index (κ3) is 2.81. The van der Waals surface area contributed by atoms with E-state index in [4.69, 9.17) is 10.3 Å². The Labute approximate surface area is 96.2 Å². The summed E-state index contributed by atoms with van der Waals surface area (Å²) in [6.45, 7) is 3.39. The van der Waals surface area contributed by atoms with Crippen molar-refractivity contribution in [3.63, 3.8) is 0 Å². The Morgan fingerprint density at radius 2 is 1.81 bits per heavy atom. The number of nitrogens with two attached hydrogens (primary N) is 1. The highest BCUT2D eigenvalue weighted by Gasteiger charge is 2.23. The number of hydrogen-bond acceptors (Lipinski definition) is 3. The lowest BCUT2D eigenvalue weighted by Gasteiger charge is -2.18. The minimum atomic E-state index is -4.08. The Balaban J connectivity index is 3.24. The molecule has 0 spiro atoms. The number of rotatable bonds is 4. The molecule has 0 saturated heterocycles. The zero-order valence-corrected chi connectivity index (χ0v) is 10.2. The minimum absolute atomic E-state index is 0.208. The van der Waals surface area contributed by atoms with Gasteiger partial charge in [-0.1, -0.05) is 31.2 Å². The maximum atomic E-state index is 11.1. The van der Waals surface area contributed by atoms with Crippen LogP contribution in [-0.4, -0.2) is 13.0 Å². The van der Waals surface area contributed by atoms with Crippen molar-refractivity contribution in [2.75, 3.05) is 0 Å². The van der Waals surface area contributed by atoms with Crippen LogP contribution in [0.4, 0.5) is 0 Å². The summed E-state index contributed by atoms with van der Waals surface area (Å²) in [5.74, 6) is 0. The molecule has 0 amide bonds. The van der Waals surface area contributed by atoms with E-state index in [2.05, 4.69) is 0 Å². The second kappa shape index (κ2) is 4.95. The molecule has 0 fully saturated rings. The van der Waals surface area contributed by atoms with E-state index in [-0.39, 0.29) is 6.04 Å². The van der Waals surface area contributed by atoms with Crippen LogP contribution < -0.4 is 5.73 Å². The van der Waals surface area contributed by atoms with E-state index in [0.717, 1.165) is 12.0 Å². The molecule has 1 aromatic carbocycles. The van der Waals surface area contributed by atoms with E-state index in [1.165, 1.54) is 6.92 Å². The molecule has 1 rings (SSSR count). The third-order valence-electron chi connectivity index (χ3n) is 2.72. The van der Waals surface area contributed by atoms with E-state index in [9.17, 15) is 8.42 Å². The normalized spacial score (nSPS) is 15.8. The van der Waals surface area contributed by atoms with E-state index in [1.54, 1.807) is 18.2 Å². The Morgan fingerprint density at radius 3 is 2.25 bits per heavy atom. The average Bonchev–Trinajstić information content (AvgIpc) is 2.25. The molecule has 0 bridgehead atoms. The van der Waals surface area contributed by atoms with Crippen molar-refractivity contribution in [1.82, 2.24) is 0 Å². The minimum Gasteiger partial charge on any atom is -0.324 e. The monoisotopic (exact) mass is 243 g/mol. The summed E-state index contributed by atoms with van der Waals surface area (Å²) in [5, 5.41) is -0.943. The molecule has 16 heavy (non-hydrogen) atoms. The highest BCUT2D eigenvalue weighted by Crippen LogP contribution is 2.28. The first-order valence-electron chi connectivity index (χ1n) is 5.18. The van der Waals surface area contributed by atoms with Gasteiger partial charge in [0, 0.05) is 6.04 Å². The molecule has 0 aliphatic rings. The van der Waals surface area contributed by atoms with Gasteiger partial charge in [-0.15, -0.1) is 0 Å². The van der Waals surface area contributed by atoms with Gasteiger partial charge in [-0.2, -0.15) is 8.42 Å². The van der Waals surface area contributed by atoms with Crippen molar-refractivity contribution in [2.45, 2.75) is 31.6 Å². The van der Waals surface area contributed by atoms with Crippen LogP contribution in [0.1, 0.15) is 42.7 Å². The van der Waals surface area contributed by atoms with Crippen LogP contribution >= 0.6 is 0 Å². The number of benzene rings is 1. The van der Waals surface area contributed by atoms with E-state index in [0.29, 0.717) is 5.56 Å². The molecular formula is C11H17NO3S. The fraction of sp³-hybridized carbons (Fsp3) is 0.455. The summed E-state index contributed by atoms with van der Waals surface area (Å²) in [5.41, 5.74) is 7.24. The highest BCUT2D eigenvalue weighted by atomic mass is 32.2. The van der Waals surface area contributed by atoms with Gasteiger partial charge < -0.3 is 5.73 Å². The van der Waals surface area contributed by atoms with Crippen LogP contribution in [0.3, 0.4) is 0 Å². The van der Waals surface area contributed by atoms with E-state index >= 15 is 0 Å². The second-order valence-electron chi connectivity index (χ2n) is 3.80. The standard InChI is InChI=1S/C11H17NO3S/c1-3-11(12)10-7-5-4-6-9(10)8(2)16(13,14)15/h4-8,11H,3,12H2,1-2H3,(H,13,14,15). The Hall–Kier alpha value is -0.910. The molecule has 2 atom stereocenters. The number of hydrogen-bond donors (Lipinski definition) is 2. The van der Waals surface area contributed by atoms with Gasteiger partial charge in [0.05, 0.1) is 0 Å². The fourth-order valence-electron chi connectivity index (χ4n) is 1.60. The van der Waals surface area contributed by atoms with Crippen molar-refractivity contribution in [3.8, 4) is 0 Å². The second-order valence-corrected chi connectivity index (χ2v) is 5.54. The first-order chi connectivity index (χ1) is 7.38. The lowest BCUT2D eigenvalue weighted by molar-refractivity contribution is 0.471. The zero-order chi connectivity index (χ0) is 12.3. The van der Waals surface area contributed by atoms with Gasteiger partial charge in [0.15, 0.2) is 0 Å². The predicted octanol–water partition coefficient (Wildman–Crippen LogP) is 2.05. The van der Waals surface area contributed by atoms with Gasteiger partial charge in [-0.25, -0.2) is 0 Å². The smallest absolute Gasteiger partial charge is 0.271 e. The van der Waals surface area contributed by atoms with Gasteiger partial charge in [0.1, 0.15) is 5.25 Å². The Kier molecular flexibility index (Phi) is 4.07. The summed E-state index contributed by atoms with van der Waals surface area (Å²) < 4.78 is 31.3. The van der Waals surface area contributed by atoms with Crippen molar-refractivity contribution in [2.24, 2.45) is 5.73 Å². The predicted molar refractivity (Wildman–Crippen MR) is 63.6 cm³/mol. The first-order valence-corrected chi connectivity index (χ1v) is 6.69. The molecule has 1 aromatic rings. The SMILES string of the molecule is CCC(N)c1ccccc1C(C)S(=O)(=O)O. The lowest BCUT2D eigenvalue weighted by atomic mass is 9.97. The van der Waals surface area contributed by atoms with Crippen LogP contribution in [0, 0.1) is 0 Å². The molecule has 0 radical (unpaired) electrons. The van der Waals surface area contributed by atoms with Crippen LogP contribution in [0.2, 0.25) is 0 Å². The van der Waals surface area contributed by atoms with Crippen molar-refractivity contribution < 1.29 is 13.0 Å². The molecule has 0 heterocycles. The van der Waals surface area contributed by atoms with Gasteiger partial charge in [-0.05, 0) is 24.5 Å². The van der Waals surface area contributed by atoms with E-state index < -0.39 is 15.4 Å². The van der Waals surface area contributed by atoms with Gasteiger partial charge >= 0.3 is 0 Å². The third-order valence-corrected chi connectivity index (χ3v) is 3.87. The van der Waals surface area contributed by atoms with Crippen molar-refractivity contribution in [1.29, 1.82) is 0 Å². The summed E-state index contributed by atoms with van der Waals surface area (Å²) in [4.78, 5) is 0. The zero-order valence-electron chi connectivity index (χ0n) is 9.42. The molecule has 4 nitrogen and oxygen atoms in total. The molecule has 0 aliphatic carbocycles. The Morgan fingerprint density at radius 1 is 1.31 bits per heavy atom. The van der Waals surface area contributed by atoms with Gasteiger partial charge in [0.2, 0.25) is 0 Å². The lowest BCUT2D eigenvalue weighted by Crippen LogP contribution is -2.16. The van der Waals surface area contributed by atoms with Crippen LogP contribution in [-0.2, 0) is 10.1 Å². The summed E-state index contributed by atoms with van der Waals surface area (Å²) in [6.07, 6.45) is 0.717. The maximum absolute atomic E-state index is 11.1. The summed E-state index contributed by atoms with van der Waals surface area (Å²) in [7, 11) is -4.08. The highest BCUT2D eigenvalue weighted by molar-refractivity contribution is 7.86. The quantitative estimate of drug-likeness (QED) is 0.793. The molecular weight excluding hydrogens is 226 g/mol. The topological polar surface area (TPSA) is 80.4 Å². The van der Waals surface area contributed by atoms with Crippen molar-refractivity contribution in [3.05, 3.63) is 35.4 Å². The molecule has 0 aromatic heterocycles. The Bertz CT molecular complexity index is 456. The van der Waals surface area contributed by atoms with Gasteiger partial charge in [-0.3, -0.25) is 4.55 Å². The van der Waals surface area contributed by atoms with Crippen molar-refractivity contribution >= 4 is 10.1 Å². The van der Waals surface area contributed by atoms with E-state index in [1.807, 2.05) is 13.0 Å². The fourth-order valence-corrected chi connectivity index (χ4v) is 2.13. The largest absolute Gasteiger partial charge is 0.324 e. The van der Waals surface area contributed by atoms with Gasteiger partial charge in [0.25, 0.3) is 10.1 Å². The molecule has 90 valence electrons. The maximum Gasteiger partial charge on any atom is 0.271 e. The van der Waals surface area contributed by atoms with Crippen LogP contribution in [0.15, 0.2) is 24.3 Å². The van der Waals surface area contributed by atoms with Crippen LogP contribution in [0.5, 0.6) is 0 Å². The molecule has 0 saturated carbocycles. The molecule has 3 N–H and O–H groups in total. The average molecular weight is 243 g/mol. The molecule has 0 aliphatic heterocycles.